The fraction of sp³-hybridized carbons (Fsp3) is 0.176. The minimum Gasteiger partial charge on any atom is -0.366 e. The maximum Gasteiger partial charge on any atom is 0.435 e. The summed E-state index contributed by atoms with van der Waals surface area (Å²) in [6, 6.07) is 4.96. The van der Waals surface area contributed by atoms with Crippen LogP contribution in [-0.2, 0) is 19.8 Å². The molecule has 2 aromatic heterocycles. The van der Waals surface area contributed by atoms with Crippen molar-refractivity contribution in [2.45, 2.75) is 12.7 Å². The zero-order valence-electron chi connectivity index (χ0n) is 13.8. The molecule has 142 valence electrons. The molecule has 0 saturated heterocycles. The van der Waals surface area contributed by atoms with Gasteiger partial charge in [-0.15, -0.1) is 0 Å². The van der Waals surface area contributed by atoms with Crippen LogP contribution in [0.5, 0.6) is 0 Å². The van der Waals surface area contributed by atoms with Gasteiger partial charge in [0.05, 0.1) is 5.69 Å². The zero-order chi connectivity index (χ0) is 19.8. The summed E-state index contributed by atoms with van der Waals surface area (Å²) < 4.78 is 79.4. The van der Waals surface area contributed by atoms with Crippen molar-refractivity contribution in [2.24, 2.45) is 7.05 Å². The number of halogens is 6. The van der Waals surface area contributed by atoms with E-state index in [-0.39, 0.29) is 23.6 Å². The molecule has 0 unspecified atom stereocenters. The number of nitrogens with one attached hydrogen (secondary N) is 1. The predicted molar refractivity (Wildman–Crippen MR) is 85.1 cm³/mol. The first-order chi connectivity index (χ1) is 12.6. The van der Waals surface area contributed by atoms with Gasteiger partial charge in [0.25, 0.3) is 0 Å². The van der Waals surface area contributed by atoms with Crippen molar-refractivity contribution in [1.82, 2.24) is 14.8 Å². The molecular formula is C17H12F6N4. The van der Waals surface area contributed by atoms with Crippen molar-refractivity contribution in [3.8, 4) is 11.3 Å². The van der Waals surface area contributed by atoms with Gasteiger partial charge in [-0.05, 0) is 18.2 Å². The van der Waals surface area contributed by atoms with Gasteiger partial charge in [-0.2, -0.15) is 18.3 Å². The molecule has 0 aliphatic carbocycles. The average molecular weight is 386 g/mol. The summed E-state index contributed by atoms with van der Waals surface area (Å²) in [4.78, 5) is 4.01. The van der Waals surface area contributed by atoms with Crippen LogP contribution >= 0.6 is 0 Å². The van der Waals surface area contributed by atoms with Crippen molar-refractivity contribution < 1.29 is 26.3 Å². The van der Waals surface area contributed by atoms with E-state index in [1.807, 2.05) is 0 Å². The van der Waals surface area contributed by atoms with Gasteiger partial charge in [-0.1, -0.05) is 0 Å². The zero-order valence-corrected chi connectivity index (χ0v) is 13.8. The second-order valence-electron chi connectivity index (χ2n) is 5.67. The van der Waals surface area contributed by atoms with Crippen molar-refractivity contribution >= 4 is 5.82 Å². The number of nitrogens with zero attached hydrogens (tertiary/aromatic N) is 3. The van der Waals surface area contributed by atoms with Crippen molar-refractivity contribution in [2.75, 3.05) is 5.32 Å². The molecule has 3 rings (SSSR count). The third-order valence-corrected chi connectivity index (χ3v) is 3.78. The lowest BCUT2D eigenvalue weighted by atomic mass is 10.2. The highest BCUT2D eigenvalue weighted by Gasteiger charge is 2.34. The number of rotatable bonds is 4. The molecule has 0 atom stereocenters. The maximum atomic E-state index is 13.6. The minimum absolute atomic E-state index is 0.206. The highest BCUT2D eigenvalue weighted by Crippen LogP contribution is 2.31. The molecule has 10 heteroatoms. The molecule has 3 aromatic rings. The quantitative estimate of drug-likeness (QED) is 0.670. The Bertz CT molecular complexity index is 940. The number of hydrogen-bond donors (Lipinski definition) is 1. The summed E-state index contributed by atoms with van der Waals surface area (Å²) in [5.41, 5.74) is -0.796. The summed E-state index contributed by atoms with van der Waals surface area (Å²) in [5, 5.41) is 6.09. The number of anilines is 1. The molecule has 4 nitrogen and oxygen atoms in total. The van der Waals surface area contributed by atoms with Crippen LogP contribution in [0.3, 0.4) is 0 Å². The summed E-state index contributed by atoms with van der Waals surface area (Å²) in [7, 11) is 1.37. The lowest BCUT2D eigenvalue weighted by molar-refractivity contribution is -0.141. The van der Waals surface area contributed by atoms with Crippen LogP contribution < -0.4 is 5.32 Å². The molecular weight excluding hydrogens is 374 g/mol. The molecule has 0 radical (unpaired) electrons. The van der Waals surface area contributed by atoms with E-state index in [2.05, 4.69) is 15.4 Å². The number of benzene rings is 1. The van der Waals surface area contributed by atoms with E-state index in [9.17, 15) is 26.3 Å². The molecule has 0 saturated carbocycles. The molecule has 0 aliphatic rings. The van der Waals surface area contributed by atoms with Crippen LogP contribution in [-0.4, -0.2) is 14.8 Å². The number of pyridine rings is 1. The molecule has 0 spiro atoms. The van der Waals surface area contributed by atoms with E-state index < -0.39 is 29.3 Å². The molecule has 1 aromatic carbocycles. The number of aryl methyl sites for hydroxylation is 1. The highest BCUT2D eigenvalue weighted by molar-refractivity contribution is 5.60. The number of aromatic nitrogens is 3. The Morgan fingerprint density at radius 1 is 1.04 bits per heavy atom. The molecule has 0 fully saturated rings. The normalized spacial score (nSPS) is 11.7. The predicted octanol–water partition coefficient (Wildman–Crippen LogP) is 4.53. The van der Waals surface area contributed by atoms with Gasteiger partial charge in [0.1, 0.15) is 23.3 Å². The smallest absolute Gasteiger partial charge is 0.366 e. The Labute approximate surface area is 149 Å². The summed E-state index contributed by atoms with van der Waals surface area (Å²) >= 11 is 0. The minimum atomic E-state index is -4.56. The third-order valence-electron chi connectivity index (χ3n) is 3.78. The second kappa shape index (κ2) is 6.93. The van der Waals surface area contributed by atoms with Crippen LogP contribution in [0.25, 0.3) is 11.3 Å². The van der Waals surface area contributed by atoms with Crippen LogP contribution in [0, 0.1) is 17.5 Å². The van der Waals surface area contributed by atoms with Crippen molar-refractivity contribution in [1.29, 1.82) is 0 Å². The van der Waals surface area contributed by atoms with Gasteiger partial charge in [0.2, 0.25) is 0 Å². The van der Waals surface area contributed by atoms with Crippen LogP contribution in [0.2, 0.25) is 0 Å². The Morgan fingerprint density at radius 2 is 1.70 bits per heavy atom. The van der Waals surface area contributed by atoms with E-state index in [0.717, 1.165) is 10.7 Å². The van der Waals surface area contributed by atoms with Gasteiger partial charge in [-0.3, -0.25) is 4.68 Å². The van der Waals surface area contributed by atoms with Gasteiger partial charge < -0.3 is 5.32 Å². The number of alkyl halides is 3. The van der Waals surface area contributed by atoms with E-state index in [0.29, 0.717) is 17.7 Å². The Hall–Kier alpha value is -3.04. The first-order valence-corrected chi connectivity index (χ1v) is 7.60. The number of hydrogen-bond acceptors (Lipinski definition) is 3. The standard InChI is InChI=1S/C17H12F6N4/c1-27-14(6-15(26-27)17(21,22)23)9-2-3-16(24-7-9)25-8-11-12(19)4-10(18)5-13(11)20/h2-7H,8H2,1H3,(H,24,25). The molecule has 1 N–H and O–H groups in total. The monoisotopic (exact) mass is 386 g/mol. The van der Waals surface area contributed by atoms with Gasteiger partial charge in [0.15, 0.2) is 5.69 Å². The Kier molecular flexibility index (Phi) is 4.81. The van der Waals surface area contributed by atoms with E-state index in [1.54, 1.807) is 0 Å². The highest BCUT2D eigenvalue weighted by atomic mass is 19.4. The van der Waals surface area contributed by atoms with Gasteiger partial charge >= 0.3 is 6.18 Å². The average Bonchev–Trinajstić information content (AvgIpc) is 2.96. The van der Waals surface area contributed by atoms with E-state index in [1.165, 1.54) is 25.4 Å². The first-order valence-electron chi connectivity index (χ1n) is 7.60. The maximum absolute atomic E-state index is 13.6. The molecule has 0 aliphatic heterocycles. The molecule has 0 amide bonds. The summed E-state index contributed by atoms with van der Waals surface area (Å²) in [6.45, 7) is -0.284. The van der Waals surface area contributed by atoms with Crippen LogP contribution in [0.4, 0.5) is 32.2 Å². The Morgan fingerprint density at radius 3 is 2.22 bits per heavy atom. The summed E-state index contributed by atoms with van der Waals surface area (Å²) in [6.07, 6.45) is -3.26. The molecule has 2 heterocycles. The topological polar surface area (TPSA) is 42.7 Å². The lowest BCUT2D eigenvalue weighted by Gasteiger charge is -2.09. The lowest BCUT2D eigenvalue weighted by Crippen LogP contribution is -2.06. The van der Waals surface area contributed by atoms with Gasteiger partial charge in [-0.25, -0.2) is 18.2 Å². The third kappa shape index (κ3) is 4.04. The van der Waals surface area contributed by atoms with Crippen molar-refractivity contribution in [3.63, 3.8) is 0 Å². The van der Waals surface area contributed by atoms with Gasteiger partial charge in [0, 0.05) is 43.0 Å². The van der Waals surface area contributed by atoms with Crippen molar-refractivity contribution in [3.05, 3.63) is 65.2 Å². The fourth-order valence-electron chi connectivity index (χ4n) is 2.45. The summed E-state index contributed by atoms with van der Waals surface area (Å²) in [5.74, 6) is -2.86. The van der Waals surface area contributed by atoms with Crippen LogP contribution in [0.15, 0.2) is 36.5 Å². The first kappa shape index (κ1) is 18.7. The second-order valence-corrected chi connectivity index (χ2v) is 5.67. The van der Waals surface area contributed by atoms with E-state index >= 15 is 0 Å². The van der Waals surface area contributed by atoms with Crippen LogP contribution in [0.1, 0.15) is 11.3 Å². The largest absolute Gasteiger partial charge is 0.435 e. The SMILES string of the molecule is Cn1nc(C(F)(F)F)cc1-c1ccc(NCc2c(F)cc(F)cc2F)nc1. The fourth-order valence-corrected chi connectivity index (χ4v) is 2.45. The molecule has 0 bridgehead atoms. The molecule has 27 heavy (non-hydrogen) atoms. The van der Waals surface area contributed by atoms with E-state index in [4.69, 9.17) is 0 Å². The Balaban J connectivity index is 1.76.